The second-order valence-electron chi connectivity index (χ2n) is 14.1. The lowest BCUT2D eigenvalue weighted by Gasteiger charge is -2.23. The summed E-state index contributed by atoms with van der Waals surface area (Å²) in [4.78, 5) is 0. The van der Waals surface area contributed by atoms with Gasteiger partial charge in [-0.1, -0.05) is 134 Å². The van der Waals surface area contributed by atoms with Gasteiger partial charge in [0.1, 0.15) is 0 Å². The van der Waals surface area contributed by atoms with Gasteiger partial charge in [-0.25, -0.2) is 0 Å². The summed E-state index contributed by atoms with van der Waals surface area (Å²) in [5.74, 6) is 0. The summed E-state index contributed by atoms with van der Waals surface area (Å²) in [7, 11) is 0. The Labute approximate surface area is 265 Å². The summed E-state index contributed by atoms with van der Waals surface area (Å²) in [5.41, 5.74) is 22.5. The maximum atomic E-state index is 2.48. The molecule has 0 spiro atoms. The first-order chi connectivity index (χ1) is 21.1. The third kappa shape index (κ3) is 4.17. The fourth-order valence-electron chi connectivity index (χ4n) is 8.07. The van der Waals surface area contributed by atoms with Crippen molar-refractivity contribution in [3.8, 4) is 44.5 Å². The van der Waals surface area contributed by atoms with E-state index in [0.29, 0.717) is 0 Å². The fourth-order valence-corrected chi connectivity index (χ4v) is 8.07. The lowest BCUT2D eigenvalue weighted by molar-refractivity contribution is 0.658. The van der Waals surface area contributed by atoms with Crippen molar-refractivity contribution in [3.05, 3.63) is 129 Å². The van der Waals surface area contributed by atoms with Crippen molar-refractivity contribution in [2.75, 3.05) is 0 Å². The van der Waals surface area contributed by atoms with Gasteiger partial charge < -0.3 is 0 Å². The predicted octanol–water partition coefficient (Wildman–Crippen LogP) is 11.9. The average molecular weight is 575 g/mol. The molecule has 0 radical (unpaired) electrons. The van der Waals surface area contributed by atoms with Gasteiger partial charge in [-0.05, 0) is 121 Å². The lowest BCUT2D eigenvalue weighted by atomic mass is 9.80. The first kappa shape index (κ1) is 28.8. The van der Waals surface area contributed by atoms with Crippen molar-refractivity contribution < 1.29 is 0 Å². The molecule has 0 saturated heterocycles. The van der Waals surface area contributed by atoms with Crippen molar-refractivity contribution in [1.82, 2.24) is 0 Å². The van der Waals surface area contributed by atoms with Gasteiger partial charge in [-0.3, -0.25) is 0 Å². The Morgan fingerprint density at radius 2 is 0.773 bits per heavy atom. The highest BCUT2D eigenvalue weighted by atomic mass is 14.4. The first-order valence-electron chi connectivity index (χ1n) is 16.8. The van der Waals surface area contributed by atoms with Crippen LogP contribution in [0.25, 0.3) is 44.5 Å². The second-order valence-corrected chi connectivity index (χ2v) is 14.1. The average Bonchev–Trinajstić information content (AvgIpc) is 3.42. The quantitative estimate of drug-likeness (QED) is 0.189. The summed E-state index contributed by atoms with van der Waals surface area (Å²) in [6.45, 7) is 18.8. The minimum absolute atomic E-state index is 0.0176. The Balaban J connectivity index is 1.46. The predicted molar refractivity (Wildman–Crippen MR) is 190 cm³/mol. The van der Waals surface area contributed by atoms with Gasteiger partial charge >= 0.3 is 0 Å². The molecule has 5 aromatic carbocycles. The van der Waals surface area contributed by atoms with Gasteiger partial charge in [-0.15, -0.1) is 0 Å². The molecule has 0 saturated carbocycles. The molecule has 0 nitrogen and oxygen atoms in total. The Bertz CT molecular complexity index is 1810. The van der Waals surface area contributed by atoms with Gasteiger partial charge in [0.05, 0.1) is 0 Å². The zero-order valence-electron chi connectivity index (χ0n) is 27.9. The van der Waals surface area contributed by atoms with Crippen LogP contribution in [0.3, 0.4) is 0 Å². The Hall–Kier alpha value is -3.90. The number of benzene rings is 5. The second kappa shape index (κ2) is 10.3. The van der Waals surface area contributed by atoms with E-state index in [4.69, 9.17) is 0 Å². The Morgan fingerprint density at radius 3 is 1.16 bits per heavy atom. The van der Waals surface area contributed by atoms with Gasteiger partial charge in [0.2, 0.25) is 0 Å². The normalized spacial score (nSPS) is 15.1. The Kier molecular flexibility index (Phi) is 6.78. The van der Waals surface area contributed by atoms with Crippen LogP contribution in [0.2, 0.25) is 0 Å². The molecule has 2 aliphatic carbocycles. The zero-order valence-corrected chi connectivity index (χ0v) is 27.9. The third-order valence-electron chi connectivity index (χ3n) is 10.9. The lowest BCUT2D eigenvalue weighted by Crippen LogP contribution is -2.15. The van der Waals surface area contributed by atoms with E-state index in [1.165, 1.54) is 89.0 Å². The zero-order chi connectivity index (χ0) is 31.0. The van der Waals surface area contributed by atoms with Crippen LogP contribution >= 0.6 is 0 Å². The molecule has 2 aliphatic rings. The highest BCUT2D eigenvalue weighted by Gasteiger charge is 2.39. The van der Waals surface area contributed by atoms with E-state index in [0.717, 1.165) is 25.7 Å². The van der Waals surface area contributed by atoms with Crippen LogP contribution in [-0.4, -0.2) is 0 Å². The van der Waals surface area contributed by atoms with Gasteiger partial charge in [0, 0.05) is 10.8 Å². The van der Waals surface area contributed by atoms with Crippen molar-refractivity contribution in [2.45, 2.75) is 91.9 Å². The molecule has 0 heteroatoms. The number of rotatable bonds is 6. The molecule has 0 bridgehead atoms. The molecular formula is C44H46. The molecule has 0 fully saturated rings. The number of aryl methyl sites for hydroxylation is 4. The van der Waals surface area contributed by atoms with Crippen LogP contribution < -0.4 is 0 Å². The van der Waals surface area contributed by atoms with E-state index >= 15 is 0 Å². The van der Waals surface area contributed by atoms with Crippen LogP contribution in [0.1, 0.15) is 99.9 Å². The maximum Gasteiger partial charge on any atom is 0.0159 e. The number of fused-ring (bicyclic) bond motifs is 6. The summed E-state index contributed by atoms with van der Waals surface area (Å²) < 4.78 is 0. The molecule has 0 N–H and O–H groups in total. The van der Waals surface area contributed by atoms with Crippen molar-refractivity contribution in [1.29, 1.82) is 0 Å². The van der Waals surface area contributed by atoms with Gasteiger partial charge in [-0.2, -0.15) is 0 Å². The van der Waals surface area contributed by atoms with Crippen LogP contribution in [0, 0.1) is 0 Å². The smallest absolute Gasteiger partial charge is 0.0159 e. The SMILES string of the molecule is CCc1ccc2c(c1)C(C)(C)c1cc(CC)cc(-c3cccc(-c4cc(CC)cc5c4-c4ccc(CC)cc4C5(C)C)c3)c1-2. The van der Waals surface area contributed by atoms with E-state index in [9.17, 15) is 0 Å². The number of hydrogen-bond donors (Lipinski definition) is 0. The van der Waals surface area contributed by atoms with Crippen molar-refractivity contribution in [3.63, 3.8) is 0 Å². The molecular weight excluding hydrogens is 528 g/mol. The van der Waals surface area contributed by atoms with E-state index in [2.05, 4.69) is 140 Å². The standard InChI is InChI=1S/C44H46/c1-9-27-16-18-33-37(22-27)43(5,6)39-24-29(11-3)20-35(41(33)39)31-14-13-15-32(26-31)36-21-30(12-4)25-40-42(36)34-19-17-28(10-2)23-38(34)44(40,7)8/h13-26H,9-12H2,1-8H3. The molecule has 0 aliphatic heterocycles. The highest BCUT2D eigenvalue weighted by Crippen LogP contribution is 2.55. The minimum Gasteiger partial charge on any atom is -0.0613 e. The van der Waals surface area contributed by atoms with Crippen molar-refractivity contribution >= 4 is 0 Å². The van der Waals surface area contributed by atoms with E-state index in [1.54, 1.807) is 0 Å². The van der Waals surface area contributed by atoms with Crippen LogP contribution in [-0.2, 0) is 36.5 Å². The summed E-state index contributed by atoms with van der Waals surface area (Å²) in [6.07, 6.45) is 4.19. The molecule has 0 heterocycles. The van der Waals surface area contributed by atoms with E-state index in [-0.39, 0.29) is 10.8 Å². The molecule has 0 aromatic heterocycles. The third-order valence-corrected chi connectivity index (χ3v) is 10.9. The molecule has 7 rings (SSSR count). The molecule has 44 heavy (non-hydrogen) atoms. The van der Waals surface area contributed by atoms with Crippen molar-refractivity contribution in [2.24, 2.45) is 0 Å². The summed E-state index contributed by atoms with van der Waals surface area (Å²) in [5, 5.41) is 0. The monoisotopic (exact) mass is 574 g/mol. The molecule has 222 valence electrons. The topological polar surface area (TPSA) is 0 Å². The van der Waals surface area contributed by atoms with Crippen LogP contribution in [0.15, 0.2) is 84.9 Å². The van der Waals surface area contributed by atoms with Crippen LogP contribution in [0.5, 0.6) is 0 Å². The van der Waals surface area contributed by atoms with Crippen LogP contribution in [0.4, 0.5) is 0 Å². The van der Waals surface area contributed by atoms with Gasteiger partial charge in [0.25, 0.3) is 0 Å². The van der Waals surface area contributed by atoms with E-state index < -0.39 is 0 Å². The summed E-state index contributed by atoms with van der Waals surface area (Å²) >= 11 is 0. The highest BCUT2D eigenvalue weighted by molar-refractivity contribution is 5.96. The molecule has 5 aromatic rings. The molecule has 0 amide bonds. The first-order valence-corrected chi connectivity index (χ1v) is 16.8. The Morgan fingerprint density at radius 1 is 0.386 bits per heavy atom. The molecule has 0 unspecified atom stereocenters. The van der Waals surface area contributed by atoms with E-state index in [1.807, 2.05) is 0 Å². The fraction of sp³-hybridized carbons (Fsp3) is 0.318. The maximum absolute atomic E-state index is 2.48. The van der Waals surface area contributed by atoms with Gasteiger partial charge in [0.15, 0.2) is 0 Å². The summed E-state index contributed by atoms with van der Waals surface area (Å²) in [6, 6.07) is 33.7. The number of hydrogen-bond acceptors (Lipinski definition) is 0. The minimum atomic E-state index is -0.0176. The largest absolute Gasteiger partial charge is 0.0613 e. The molecule has 0 atom stereocenters.